The lowest BCUT2D eigenvalue weighted by molar-refractivity contribution is -0.137. The van der Waals surface area contributed by atoms with Crippen molar-refractivity contribution < 1.29 is 13.2 Å². The molecule has 3 nitrogen and oxygen atoms in total. The molecule has 0 aliphatic carbocycles. The molecule has 0 radical (unpaired) electrons. The predicted octanol–water partition coefficient (Wildman–Crippen LogP) is 3.02. The van der Waals surface area contributed by atoms with Crippen LogP contribution in [0.1, 0.15) is 11.1 Å². The van der Waals surface area contributed by atoms with Gasteiger partial charge in [-0.2, -0.15) is 18.3 Å². The van der Waals surface area contributed by atoms with E-state index >= 15 is 0 Å². The smallest absolute Gasteiger partial charge is 0.223 e. The highest BCUT2D eigenvalue weighted by Crippen LogP contribution is 2.34. The molecule has 17 heavy (non-hydrogen) atoms. The van der Waals surface area contributed by atoms with E-state index in [9.17, 15) is 13.2 Å². The quantitative estimate of drug-likeness (QED) is 0.778. The third-order valence-electron chi connectivity index (χ3n) is 2.19. The Morgan fingerprint density at radius 3 is 2.59 bits per heavy atom. The van der Waals surface area contributed by atoms with Gasteiger partial charge in [-0.3, -0.25) is 0 Å². The van der Waals surface area contributed by atoms with Gasteiger partial charge in [-0.05, 0) is 17.7 Å². The van der Waals surface area contributed by atoms with E-state index in [1.54, 1.807) is 0 Å². The van der Waals surface area contributed by atoms with Gasteiger partial charge in [-0.15, -0.1) is 11.6 Å². The molecule has 1 aromatic heterocycles. The Hall–Kier alpha value is -1.56. The van der Waals surface area contributed by atoms with Gasteiger partial charge in [0.05, 0.1) is 11.3 Å². The zero-order chi connectivity index (χ0) is 12.5. The van der Waals surface area contributed by atoms with E-state index < -0.39 is 11.7 Å². The fourth-order valence-corrected chi connectivity index (χ4v) is 1.59. The van der Waals surface area contributed by atoms with E-state index in [4.69, 9.17) is 11.6 Å². The molecule has 0 aliphatic rings. The van der Waals surface area contributed by atoms with Crippen molar-refractivity contribution in [3.8, 4) is 5.69 Å². The zero-order valence-electron chi connectivity index (χ0n) is 8.45. The minimum atomic E-state index is -4.46. The van der Waals surface area contributed by atoms with Crippen LogP contribution in [0.25, 0.3) is 5.69 Å². The molecular weight excluding hydrogens is 255 g/mol. The molecule has 0 fully saturated rings. The van der Waals surface area contributed by atoms with Crippen LogP contribution in [-0.2, 0) is 12.1 Å². The highest BCUT2D eigenvalue weighted by Gasteiger charge is 2.34. The SMILES string of the molecule is FC(F)(F)c1cc(CCl)ccc1-n1cncn1. The van der Waals surface area contributed by atoms with Gasteiger partial charge in [0.15, 0.2) is 0 Å². The maximum absolute atomic E-state index is 12.9. The van der Waals surface area contributed by atoms with Crippen LogP contribution < -0.4 is 0 Å². The van der Waals surface area contributed by atoms with Crippen molar-refractivity contribution in [2.45, 2.75) is 12.1 Å². The van der Waals surface area contributed by atoms with Crippen LogP contribution in [0.2, 0.25) is 0 Å². The summed E-state index contributed by atoms with van der Waals surface area (Å²) < 4.78 is 39.6. The van der Waals surface area contributed by atoms with E-state index in [0.717, 1.165) is 10.7 Å². The van der Waals surface area contributed by atoms with Gasteiger partial charge in [0.2, 0.25) is 0 Å². The van der Waals surface area contributed by atoms with Crippen LogP contribution in [0.3, 0.4) is 0 Å². The zero-order valence-corrected chi connectivity index (χ0v) is 9.20. The largest absolute Gasteiger partial charge is 0.418 e. The lowest BCUT2D eigenvalue weighted by atomic mass is 10.1. The summed E-state index contributed by atoms with van der Waals surface area (Å²) in [6, 6.07) is 3.87. The summed E-state index contributed by atoms with van der Waals surface area (Å²) in [6.45, 7) is 0. The molecule has 0 atom stereocenters. The second kappa shape index (κ2) is 4.37. The molecule has 0 aliphatic heterocycles. The Balaban J connectivity index is 2.59. The summed E-state index contributed by atoms with van der Waals surface area (Å²) in [5.41, 5.74) is -0.437. The number of alkyl halides is 4. The lowest BCUT2D eigenvalue weighted by Gasteiger charge is -2.13. The van der Waals surface area contributed by atoms with Gasteiger partial charge in [-0.25, -0.2) is 9.67 Å². The van der Waals surface area contributed by atoms with Crippen molar-refractivity contribution >= 4 is 11.6 Å². The number of rotatable bonds is 2. The molecule has 0 N–H and O–H groups in total. The Labute approximate surface area is 99.8 Å². The van der Waals surface area contributed by atoms with Crippen LogP contribution in [0.4, 0.5) is 13.2 Å². The Morgan fingerprint density at radius 2 is 2.06 bits per heavy atom. The lowest BCUT2D eigenvalue weighted by Crippen LogP contribution is -2.11. The molecule has 0 amide bonds. The van der Waals surface area contributed by atoms with Crippen molar-refractivity contribution in [3.05, 3.63) is 42.0 Å². The number of benzene rings is 1. The number of nitrogens with zero attached hydrogens (tertiary/aromatic N) is 3. The first-order valence-corrected chi connectivity index (χ1v) is 5.17. The molecule has 0 saturated heterocycles. The minimum absolute atomic E-state index is 0.0285. The highest BCUT2D eigenvalue weighted by molar-refractivity contribution is 6.17. The van der Waals surface area contributed by atoms with Gasteiger partial charge in [0, 0.05) is 5.88 Å². The maximum Gasteiger partial charge on any atom is 0.418 e. The fraction of sp³-hybridized carbons (Fsp3) is 0.200. The first-order chi connectivity index (χ1) is 8.02. The first kappa shape index (κ1) is 11.9. The average molecular weight is 262 g/mol. The van der Waals surface area contributed by atoms with Crippen molar-refractivity contribution in [1.29, 1.82) is 0 Å². The summed E-state index contributed by atoms with van der Waals surface area (Å²) in [5.74, 6) is 0.0285. The Kier molecular flexibility index (Phi) is 3.06. The van der Waals surface area contributed by atoms with E-state index in [2.05, 4.69) is 10.1 Å². The molecule has 1 aromatic carbocycles. The van der Waals surface area contributed by atoms with Crippen LogP contribution in [0, 0.1) is 0 Å². The van der Waals surface area contributed by atoms with Gasteiger partial charge in [0.1, 0.15) is 12.7 Å². The summed E-state index contributed by atoms with van der Waals surface area (Å²) in [7, 11) is 0. The van der Waals surface area contributed by atoms with Crippen molar-refractivity contribution in [3.63, 3.8) is 0 Å². The highest BCUT2D eigenvalue weighted by atomic mass is 35.5. The van der Waals surface area contributed by atoms with Gasteiger partial charge < -0.3 is 0 Å². The molecular formula is C10H7ClF3N3. The third kappa shape index (κ3) is 2.41. The van der Waals surface area contributed by atoms with Crippen LogP contribution >= 0.6 is 11.6 Å². The molecule has 2 rings (SSSR count). The number of hydrogen-bond donors (Lipinski definition) is 0. The molecule has 90 valence electrons. The molecule has 0 bridgehead atoms. The molecule has 0 unspecified atom stereocenters. The summed E-state index contributed by atoms with van der Waals surface area (Å²) in [6.07, 6.45) is -2.07. The Morgan fingerprint density at radius 1 is 1.29 bits per heavy atom. The normalized spacial score (nSPS) is 11.8. The predicted molar refractivity (Wildman–Crippen MR) is 55.9 cm³/mol. The first-order valence-electron chi connectivity index (χ1n) is 4.63. The standard InChI is InChI=1S/C10H7ClF3N3/c11-4-7-1-2-9(17-6-15-5-16-17)8(3-7)10(12,13)14/h1-3,5-6H,4H2. The van der Waals surface area contributed by atoms with Crippen molar-refractivity contribution in [2.75, 3.05) is 0 Å². The summed E-state index contributed by atoms with van der Waals surface area (Å²) >= 11 is 5.52. The van der Waals surface area contributed by atoms with Crippen molar-refractivity contribution in [1.82, 2.24) is 14.8 Å². The third-order valence-corrected chi connectivity index (χ3v) is 2.49. The summed E-state index contributed by atoms with van der Waals surface area (Å²) in [4.78, 5) is 3.62. The number of aromatic nitrogens is 3. The average Bonchev–Trinajstić information content (AvgIpc) is 2.80. The minimum Gasteiger partial charge on any atom is -0.223 e. The van der Waals surface area contributed by atoms with Gasteiger partial charge in [0.25, 0.3) is 0 Å². The van der Waals surface area contributed by atoms with E-state index in [-0.39, 0.29) is 11.6 Å². The second-order valence-electron chi connectivity index (χ2n) is 3.32. The molecule has 2 aromatic rings. The maximum atomic E-state index is 12.9. The van der Waals surface area contributed by atoms with Gasteiger partial charge in [-0.1, -0.05) is 6.07 Å². The number of hydrogen-bond acceptors (Lipinski definition) is 2. The monoisotopic (exact) mass is 261 g/mol. The molecule has 7 heteroatoms. The van der Waals surface area contributed by atoms with E-state index in [0.29, 0.717) is 5.56 Å². The molecule has 0 saturated carbocycles. The van der Waals surface area contributed by atoms with E-state index in [1.807, 2.05) is 0 Å². The fourth-order valence-electron chi connectivity index (χ4n) is 1.43. The molecule has 1 heterocycles. The van der Waals surface area contributed by atoms with Crippen LogP contribution in [-0.4, -0.2) is 14.8 Å². The second-order valence-corrected chi connectivity index (χ2v) is 3.59. The van der Waals surface area contributed by atoms with Gasteiger partial charge >= 0.3 is 6.18 Å². The van der Waals surface area contributed by atoms with E-state index in [1.165, 1.54) is 24.8 Å². The Bertz CT molecular complexity index is 508. The van der Waals surface area contributed by atoms with Crippen molar-refractivity contribution in [2.24, 2.45) is 0 Å². The number of halogens is 4. The van der Waals surface area contributed by atoms with Crippen LogP contribution in [0.15, 0.2) is 30.9 Å². The van der Waals surface area contributed by atoms with Crippen LogP contribution in [0.5, 0.6) is 0 Å². The summed E-state index contributed by atoms with van der Waals surface area (Å²) in [5, 5.41) is 3.69. The topological polar surface area (TPSA) is 30.7 Å². The molecule has 0 spiro atoms.